The molecule has 3 N–H and O–H groups in total. The SMILES string of the molecule is Nc1nccc2c1c(Br)nn2[C@@H]1CCCN(C(=O)O)C1. The Balaban J connectivity index is 2.02. The summed E-state index contributed by atoms with van der Waals surface area (Å²) in [7, 11) is 0. The summed E-state index contributed by atoms with van der Waals surface area (Å²) in [6.45, 7) is 1.02. The highest BCUT2D eigenvalue weighted by atomic mass is 79.9. The molecule has 1 fully saturated rings. The molecule has 0 spiro atoms. The quantitative estimate of drug-likeness (QED) is 0.828. The molecule has 0 unspecified atom stereocenters. The number of nitrogens with two attached hydrogens (primary N) is 1. The number of hydrogen-bond acceptors (Lipinski definition) is 4. The Hall–Kier alpha value is -1.83. The van der Waals surface area contributed by atoms with E-state index in [2.05, 4.69) is 26.0 Å². The van der Waals surface area contributed by atoms with Crippen LogP contribution in [0.2, 0.25) is 0 Å². The maximum atomic E-state index is 11.1. The molecule has 0 aromatic carbocycles. The van der Waals surface area contributed by atoms with Crippen LogP contribution in [0.1, 0.15) is 18.9 Å². The zero-order valence-corrected chi connectivity index (χ0v) is 12.2. The fourth-order valence-electron chi connectivity index (χ4n) is 2.67. The molecule has 106 valence electrons. The van der Waals surface area contributed by atoms with Gasteiger partial charge >= 0.3 is 6.09 Å². The number of nitrogen functional groups attached to an aromatic ring is 1. The van der Waals surface area contributed by atoms with E-state index in [1.807, 2.05) is 10.7 Å². The number of nitrogens with zero attached hydrogens (tertiary/aromatic N) is 4. The van der Waals surface area contributed by atoms with E-state index in [9.17, 15) is 4.79 Å². The van der Waals surface area contributed by atoms with Crippen LogP contribution in [0.25, 0.3) is 10.9 Å². The monoisotopic (exact) mass is 339 g/mol. The number of rotatable bonds is 1. The third-order valence-electron chi connectivity index (χ3n) is 3.62. The van der Waals surface area contributed by atoms with Crippen LogP contribution in [0.5, 0.6) is 0 Å². The van der Waals surface area contributed by atoms with Gasteiger partial charge in [-0.15, -0.1) is 0 Å². The molecule has 0 bridgehead atoms. The number of fused-ring (bicyclic) bond motifs is 1. The second kappa shape index (κ2) is 4.93. The molecule has 7 nitrogen and oxygen atoms in total. The third-order valence-corrected chi connectivity index (χ3v) is 4.17. The number of amides is 1. The van der Waals surface area contributed by atoms with Gasteiger partial charge < -0.3 is 15.7 Å². The first-order valence-electron chi connectivity index (χ1n) is 6.34. The van der Waals surface area contributed by atoms with Crippen molar-refractivity contribution in [2.75, 3.05) is 18.8 Å². The van der Waals surface area contributed by atoms with Gasteiger partial charge in [0, 0.05) is 19.3 Å². The van der Waals surface area contributed by atoms with Gasteiger partial charge in [0.2, 0.25) is 0 Å². The summed E-state index contributed by atoms with van der Waals surface area (Å²) in [6.07, 6.45) is 2.48. The van der Waals surface area contributed by atoms with Gasteiger partial charge in [0.05, 0.1) is 16.9 Å². The lowest BCUT2D eigenvalue weighted by Gasteiger charge is -2.31. The molecule has 3 rings (SSSR count). The summed E-state index contributed by atoms with van der Waals surface area (Å²) in [5.41, 5.74) is 6.75. The molecule has 2 aromatic heterocycles. The van der Waals surface area contributed by atoms with Crippen molar-refractivity contribution in [3.8, 4) is 0 Å². The van der Waals surface area contributed by atoms with Gasteiger partial charge in [-0.2, -0.15) is 5.10 Å². The largest absolute Gasteiger partial charge is 0.465 e. The van der Waals surface area contributed by atoms with E-state index < -0.39 is 6.09 Å². The van der Waals surface area contributed by atoms with Gasteiger partial charge in [0.25, 0.3) is 0 Å². The van der Waals surface area contributed by atoms with E-state index >= 15 is 0 Å². The first-order chi connectivity index (χ1) is 9.58. The van der Waals surface area contributed by atoms with Crippen molar-refractivity contribution in [2.24, 2.45) is 0 Å². The van der Waals surface area contributed by atoms with Gasteiger partial charge in [0.15, 0.2) is 0 Å². The molecule has 1 aliphatic heterocycles. The standard InChI is InChI=1S/C12H14BrN5O2/c13-10-9-8(3-4-15-11(9)14)18(16-10)7-2-1-5-17(6-7)12(19)20/h3-4,7H,1-2,5-6H2,(H2,14,15)(H,19,20)/t7-/m1/s1. The van der Waals surface area contributed by atoms with Gasteiger partial charge in [-0.25, -0.2) is 9.78 Å². The maximum absolute atomic E-state index is 11.1. The predicted molar refractivity (Wildman–Crippen MR) is 77.5 cm³/mol. The Morgan fingerprint density at radius 2 is 2.35 bits per heavy atom. The predicted octanol–water partition coefficient (Wildman–Crippen LogP) is 2.09. The molecule has 0 radical (unpaired) electrons. The normalized spacial score (nSPS) is 19.4. The number of halogens is 1. The van der Waals surface area contributed by atoms with Crippen molar-refractivity contribution in [1.29, 1.82) is 0 Å². The molecule has 1 saturated heterocycles. The molecule has 3 heterocycles. The van der Waals surface area contributed by atoms with E-state index in [1.54, 1.807) is 6.20 Å². The minimum absolute atomic E-state index is 0.0236. The van der Waals surface area contributed by atoms with E-state index in [-0.39, 0.29) is 6.04 Å². The average molecular weight is 340 g/mol. The van der Waals surface area contributed by atoms with Gasteiger partial charge in [-0.05, 0) is 34.8 Å². The van der Waals surface area contributed by atoms with Crippen LogP contribution in [0.4, 0.5) is 10.6 Å². The topological polar surface area (TPSA) is 97.3 Å². The Morgan fingerprint density at radius 1 is 1.55 bits per heavy atom. The maximum Gasteiger partial charge on any atom is 0.407 e. The van der Waals surface area contributed by atoms with Crippen LogP contribution in [0.3, 0.4) is 0 Å². The molecule has 1 amide bonds. The highest BCUT2D eigenvalue weighted by molar-refractivity contribution is 9.10. The summed E-state index contributed by atoms with van der Waals surface area (Å²) in [6, 6.07) is 1.87. The minimum Gasteiger partial charge on any atom is -0.465 e. The van der Waals surface area contributed by atoms with E-state index in [0.717, 1.165) is 23.7 Å². The minimum atomic E-state index is -0.883. The van der Waals surface area contributed by atoms with Crippen LogP contribution < -0.4 is 5.73 Å². The second-order valence-electron chi connectivity index (χ2n) is 4.85. The van der Waals surface area contributed by atoms with E-state index in [1.165, 1.54) is 4.90 Å². The fourth-order valence-corrected chi connectivity index (χ4v) is 3.25. The zero-order valence-electron chi connectivity index (χ0n) is 10.7. The summed E-state index contributed by atoms with van der Waals surface area (Å²) < 4.78 is 2.50. The number of carbonyl (C=O) groups is 1. The number of pyridine rings is 1. The molecule has 2 aromatic rings. The van der Waals surface area contributed by atoms with E-state index in [0.29, 0.717) is 23.5 Å². The first kappa shape index (κ1) is 13.2. The smallest absolute Gasteiger partial charge is 0.407 e. The Morgan fingerprint density at radius 3 is 3.10 bits per heavy atom. The van der Waals surface area contributed by atoms with Crippen LogP contribution in [0.15, 0.2) is 16.9 Å². The molecule has 20 heavy (non-hydrogen) atoms. The highest BCUT2D eigenvalue weighted by Gasteiger charge is 2.27. The van der Waals surface area contributed by atoms with Gasteiger partial charge in [-0.3, -0.25) is 4.68 Å². The molecule has 1 atom stereocenters. The summed E-state index contributed by atoms with van der Waals surface area (Å²) >= 11 is 3.40. The Bertz CT molecular complexity index is 671. The summed E-state index contributed by atoms with van der Waals surface area (Å²) in [4.78, 5) is 16.6. The molecular weight excluding hydrogens is 326 g/mol. The summed E-state index contributed by atoms with van der Waals surface area (Å²) in [5, 5.41) is 14.4. The first-order valence-corrected chi connectivity index (χ1v) is 7.13. The Labute approximate surface area is 123 Å². The van der Waals surface area contributed by atoms with E-state index in [4.69, 9.17) is 10.8 Å². The molecule has 0 aliphatic carbocycles. The molecule has 8 heteroatoms. The third kappa shape index (κ3) is 2.09. The molecule has 0 saturated carbocycles. The number of piperidine rings is 1. The van der Waals surface area contributed by atoms with Crippen LogP contribution in [0, 0.1) is 0 Å². The number of likely N-dealkylation sites (tertiary alicyclic amines) is 1. The molecule has 1 aliphatic rings. The fraction of sp³-hybridized carbons (Fsp3) is 0.417. The number of anilines is 1. The lowest BCUT2D eigenvalue weighted by atomic mass is 10.1. The van der Waals surface area contributed by atoms with Crippen molar-refractivity contribution in [3.63, 3.8) is 0 Å². The zero-order chi connectivity index (χ0) is 14.3. The van der Waals surface area contributed by atoms with Gasteiger partial charge in [-0.1, -0.05) is 0 Å². The Kier molecular flexibility index (Phi) is 3.25. The number of hydrogen-bond donors (Lipinski definition) is 2. The average Bonchev–Trinajstić information content (AvgIpc) is 2.78. The second-order valence-corrected chi connectivity index (χ2v) is 5.60. The lowest BCUT2D eigenvalue weighted by molar-refractivity contribution is 0.120. The van der Waals surface area contributed by atoms with Crippen molar-refractivity contribution in [1.82, 2.24) is 19.7 Å². The number of carboxylic acid groups (broad SMARTS) is 1. The number of aromatic nitrogens is 3. The van der Waals surface area contributed by atoms with Crippen molar-refractivity contribution >= 4 is 38.7 Å². The van der Waals surface area contributed by atoms with Crippen molar-refractivity contribution in [3.05, 3.63) is 16.9 Å². The van der Waals surface area contributed by atoms with Crippen molar-refractivity contribution in [2.45, 2.75) is 18.9 Å². The lowest BCUT2D eigenvalue weighted by Crippen LogP contribution is -2.40. The molecular formula is C12H14BrN5O2. The summed E-state index contributed by atoms with van der Waals surface area (Å²) in [5.74, 6) is 0.423. The van der Waals surface area contributed by atoms with Crippen LogP contribution in [-0.2, 0) is 0 Å². The van der Waals surface area contributed by atoms with Crippen LogP contribution in [-0.4, -0.2) is 44.0 Å². The van der Waals surface area contributed by atoms with Gasteiger partial charge in [0.1, 0.15) is 10.4 Å². The van der Waals surface area contributed by atoms with Crippen molar-refractivity contribution < 1.29 is 9.90 Å². The van der Waals surface area contributed by atoms with Crippen LogP contribution >= 0.6 is 15.9 Å². The highest BCUT2D eigenvalue weighted by Crippen LogP contribution is 2.31.